The quantitative estimate of drug-likeness (QED) is 0.781. The second-order valence-corrected chi connectivity index (χ2v) is 4.93. The van der Waals surface area contributed by atoms with Crippen LogP contribution in [-0.2, 0) is 9.53 Å². The molecule has 116 valence electrons. The van der Waals surface area contributed by atoms with E-state index in [0.717, 1.165) is 11.1 Å². The zero-order valence-corrected chi connectivity index (χ0v) is 12.6. The van der Waals surface area contributed by atoms with Crippen molar-refractivity contribution in [1.82, 2.24) is 4.98 Å². The fraction of sp³-hybridized carbons (Fsp3) is 0.111. The van der Waals surface area contributed by atoms with E-state index in [1.807, 2.05) is 42.5 Å². The number of nitrogens with one attached hydrogen (secondary N) is 1. The number of hydrogen-bond acceptors (Lipinski definition) is 4. The van der Waals surface area contributed by atoms with Crippen molar-refractivity contribution in [3.63, 3.8) is 0 Å². The van der Waals surface area contributed by atoms with Crippen LogP contribution < -0.4 is 5.32 Å². The lowest BCUT2D eigenvalue weighted by Crippen LogP contribution is -2.22. The maximum Gasteiger partial charge on any atom is 0.258 e. The van der Waals surface area contributed by atoms with E-state index in [1.165, 1.54) is 13.4 Å². The van der Waals surface area contributed by atoms with Gasteiger partial charge in [-0.05, 0) is 29.8 Å². The number of benzene rings is 2. The summed E-state index contributed by atoms with van der Waals surface area (Å²) in [4.78, 5) is 16.5. The van der Waals surface area contributed by atoms with Crippen molar-refractivity contribution in [3.8, 4) is 11.5 Å². The third-order valence-corrected chi connectivity index (χ3v) is 3.41. The van der Waals surface area contributed by atoms with Crippen LogP contribution in [0.1, 0.15) is 11.7 Å². The van der Waals surface area contributed by atoms with E-state index >= 15 is 0 Å². The topological polar surface area (TPSA) is 64.4 Å². The Balaban J connectivity index is 1.72. The number of aromatic nitrogens is 1. The van der Waals surface area contributed by atoms with Crippen LogP contribution >= 0.6 is 0 Å². The molecule has 0 aliphatic heterocycles. The molecule has 0 aliphatic rings. The highest BCUT2D eigenvalue weighted by atomic mass is 16.5. The minimum atomic E-state index is -0.650. The van der Waals surface area contributed by atoms with Crippen molar-refractivity contribution < 1.29 is 13.9 Å². The van der Waals surface area contributed by atoms with Crippen LogP contribution in [-0.4, -0.2) is 18.0 Å². The van der Waals surface area contributed by atoms with Crippen LogP contribution in [0.5, 0.6) is 0 Å². The van der Waals surface area contributed by atoms with E-state index in [-0.39, 0.29) is 5.91 Å². The molecule has 0 spiro atoms. The van der Waals surface area contributed by atoms with Gasteiger partial charge in [-0.15, -0.1) is 0 Å². The first kappa shape index (κ1) is 15.0. The largest absolute Gasteiger partial charge is 0.445 e. The summed E-state index contributed by atoms with van der Waals surface area (Å²) in [5.74, 6) is 0.324. The van der Waals surface area contributed by atoms with Crippen LogP contribution in [0.15, 0.2) is 71.5 Å². The third kappa shape index (κ3) is 3.46. The van der Waals surface area contributed by atoms with Crippen molar-refractivity contribution in [2.75, 3.05) is 12.4 Å². The van der Waals surface area contributed by atoms with Crippen LogP contribution in [0.2, 0.25) is 0 Å². The van der Waals surface area contributed by atoms with E-state index in [2.05, 4.69) is 10.3 Å². The van der Waals surface area contributed by atoms with Gasteiger partial charge in [-0.1, -0.05) is 30.3 Å². The van der Waals surface area contributed by atoms with Crippen LogP contribution in [0.25, 0.3) is 11.5 Å². The summed E-state index contributed by atoms with van der Waals surface area (Å²) in [7, 11) is 1.52. The Morgan fingerprint density at radius 2 is 1.87 bits per heavy atom. The molecule has 3 rings (SSSR count). The summed E-state index contributed by atoms with van der Waals surface area (Å²) in [6.07, 6.45) is 2.46. The van der Waals surface area contributed by atoms with Gasteiger partial charge in [-0.2, -0.15) is 0 Å². The standard InChI is InChI=1S/C18H16N2O3/c1-22-16(13-5-3-2-4-6-13)17(21)20-15-9-7-14(8-10-15)18-19-11-12-23-18/h2-12,16H,1H3,(H,20,21)/t16-/m1/s1. The van der Waals surface area contributed by atoms with E-state index in [4.69, 9.17) is 9.15 Å². The zero-order chi connectivity index (χ0) is 16.1. The normalized spacial score (nSPS) is 11.9. The number of methoxy groups -OCH3 is 1. The van der Waals surface area contributed by atoms with Gasteiger partial charge in [-0.25, -0.2) is 4.98 Å². The summed E-state index contributed by atoms with van der Waals surface area (Å²) in [5.41, 5.74) is 2.34. The first-order chi connectivity index (χ1) is 11.3. The Bertz CT molecular complexity index is 753. The molecule has 0 saturated heterocycles. The van der Waals surface area contributed by atoms with E-state index < -0.39 is 6.10 Å². The minimum absolute atomic E-state index is 0.220. The Hall–Kier alpha value is -2.92. The molecule has 5 nitrogen and oxygen atoms in total. The van der Waals surface area contributed by atoms with Gasteiger partial charge in [0.1, 0.15) is 6.26 Å². The maximum absolute atomic E-state index is 12.4. The first-order valence-corrected chi connectivity index (χ1v) is 7.16. The highest BCUT2D eigenvalue weighted by Gasteiger charge is 2.19. The van der Waals surface area contributed by atoms with Gasteiger partial charge in [0.25, 0.3) is 5.91 Å². The third-order valence-electron chi connectivity index (χ3n) is 3.41. The fourth-order valence-electron chi connectivity index (χ4n) is 2.29. The molecular weight excluding hydrogens is 292 g/mol. The molecule has 1 amide bonds. The van der Waals surface area contributed by atoms with Crippen molar-refractivity contribution >= 4 is 11.6 Å². The van der Waals surface area contributed by atoms with Crippen LogP contribution in [0.4, 0.5) is 5.69 Å². The number of ether oxygens (including phenoxy) is 1. The predicted octanol–water partition coefficient (Wildman–Crippen LogP) is 3.67. The highest BCUT2D eigenvalue weighted by Crippen LogP contribution is 2.22. The molecule has 1 N–H and O–H groups in total. The average molecular weight is 308 g/mol. The molecule has 2 aromatic carbocycles. The molecule has 1 heterocycles. The lowest BCUT2D eigenvalue weighted by Gasteiger charge is -2.15. The first-order valence-electron chi connectivity index (χ1n) is 7.16. The van der Waals surface area contributed by atoms with Gasteiger partial charge in [0.15, 0.2) is 6.10 Å². The Kier molecular flexibility index (Phi) is 4.49. The minimum Gasteiger partial charge on any atom is -0.445 e. The number of carbonyl (C=O) groups is 1. The zero-order valence-electron chi connectivity index (χ0n) is 12.6. The molecule has 0 saturated carbocycles. The monoisotopic (exact) mass is 308 g/mol. The molecule has 3 aromatic rings. The Morgan fingerprint density at radius 3 is 2.48 bits per heavy atom. The molecule has 0 radical (unpaired) electrons. The Labute approximate surface area is 133 Å². The van der Waals surface area contributed by atoms with Gasteiger partial charge in [0.2, 0.25) is 5.89 Å². The number of amides is 1. The second kappa shape index (κ2) is 6.89. The second-order valence-electron chi connectivity index (χ2n) is 4.93. The van der Waals surface area contributed by atoms with Crippen molar-refractivity contribution in [2.24, 2.45) is 0 Å². The average Bonchev–Trinajstić information content (AvgIpc) is 3.12. The number of oxazole rings is 1. The number of rotatable bonds is 5. The number of nitrogens with zero attached hydrogens (tertiary/aromatic N) is 1. The molecule has 1 atom stereocenters. The summed E-state index contributed by atoms with van der Waals surface area (Å²) >= 11 is 0. The van der Waals surface area contributed by atoms with E-state index in [9.17, 15) is 4.79 Å². The maximum atomic E-state index is 12.4. The predicted molar refractivity (Wildman–Crippen MR) is 86.8 cm³/mol. The number of hydrogen-bond donors (Lipinski definition) is 1. The van der Waals surface area contributed by atoms with E-state index in [0.29, 0.717) is 11.6 Å². The summed E-state index contributed by atoms with van der Waals surface area (Å²) in [6, 6.07) is 16.6. The molecule has 23 heavy (non-hydrogen) atoms. The molecule has 5 heteroatoms. The van der Waals surface area contributed by atoms with Crippen LogP contribution in [0, 0.1) is 0 Å². The summed E-state index contributed by atoms with van der Waals surface area (Å²) < 4.78 is 10.6. The van der Waals surface area contributed by atoms with Crippen molar-refractivity contribution in [2.45, 2.75) is 6.10 Å². The molecular formula is C18H16N2O3. The van der Waals surface area contributed by atoms with Crippen molar-refractivity contribution in [3.05, 3.63) is 72.6 Å². The van der Waals surface area contributed by atoms with Gasteiger partial charge in [0, 0.05) is 18.4 Å². The van der Waals surface area contributed by atoms with Gasteiger partial charge >= 0.3 is 0 Å². The fourth-order valence-corrected chi connectivity index (χ4v) is 2.29. The van der Waals surface area contributed by atoms with E-state index in [1.54, 1.807) is 18.3 Å². The summed E-state index contributed by atoms with van der Waals surface area (Å²) in [6.45, 7) is 0. The number of anilines is 1. The van der Waals surface area contributed by atoms with Gasteiger partial charge in [-0.3, -0.25) is 4.79 Å². The van der Waals surface area contributed by atoms with Crippen molar-refractivity contribution in [1.29, 1.82) is 0 Å². The lowest BCUT2D eigenvalue weighted by molar-refractivity contribution is -0.126. The molecule has 0 bridgehead atoms. The molecule has 1 aromatic heterocycles. The smallest absolute Gasteiger partial charge is 0.258 e. The Morgan fingerprint density at radius 1 is 1.13 bits per heavy atom. The van der Waals surface area contributed by atoms with Gasteiger partial charge < -0.3 is 14.5 Å². The van der Waals surface area contributed by atoms with Crippen LogP contribution in [0.3, 0.4) is 0 Å². The molecule has 0 aliphatic carbocycles. The highest BCUT2D eigenvalue weighted by molar-refractivity contribution is 5.95. The molecule has 0 unspecified atom stereocenters. The number of carbonyl (C=O) groups excluding carboxylic acids is 1. The summed E-state index contributed by atoms with van der Waals surface area (Å²) in [5, 5.41) is 2.85. The SMILES string of the molecule is CO[C@@H](C(=O)Nc1ccc(-c2ncco2)cc1)c1ccccc1. The lowest BCUT2D eigenvalue weighted by atomic mass is 10.1. The molecule has 0 fully saturated rings. The van der Waals surface area contributed by atoms with Gasteiger partial charge in [0.05, 0.1) is 6.20 Å².